The zero-order valence-electron chi connectivity index (χ0n) is 14.6. The van der Waals surface area contributed by atoms with Gasteiger partial charge in [-0.3, -0.25) is 9.36 Å². The van der Waals surface area contributed by atoms with E-state index in [1.165, 1.54) is 11.1 Å². The van der Waals surface area contributed by atoms with E-state index in [0.717, 1.165) is 30.6 Å². The van der Waals surface area contributed by atoms with E-state index in [2.05, 4.69) is 39.6 Å². The van der Waals surface area contributed by atoms with Crippen LogP contribution in [0.2, 0.25) is 0 Å². The highest BCUT2D eigenvalue weighted by molar-refractivity contribution is 5.76. The van der Waals surface area contributed by atoms with Crippen LogP contribution in [0.4, 0.5) is 0 Å². The summed E-state index contributed by atoms with van der Waals surface area (Å²) in [5.41, 5.74) is 3.87. The standard InChI is InChI=1S/C21H22N4O/c26-21(13-16-5-6-18-3-1-2-4-19(18)11-16)24-14-17-7-8-23-20(12-17)25-10-9-22-15-25/h1-4,7-10,12,15-16H,5-6,11,13-14H2,(H,24,26). The van der Waals surface area contributed by atoms with Crippen LogP contribution >= 0.6 is 0 Å². The van der Waals surface area contributed by atoms with Gasteiger partial charge in [-0.25, -0.2) is 9.97 Å². The molecule has 5 heteroatoms. The van der Waals surface area contributed by atoms with E-state index in [1.807, 2.05) is 22.9 Å². The van der Waals surface area contributed by atoms with Gasteiger partial charge in [-0.15, -0.1) is 0 Å². The zero-order valence-corrected chi connectivity index (χ0v) is 14.6. The normalized spacial score (nSPS) is 16.1. The van der Waals surface area contributed by atoms with E-state index in [1.54, 1.807) is 18.7 Å². The number of fused-ring (bicyclic) bond motifs is 1. The number of amides is 1. The number of carbonyl (C=O) groups excluding carboxylic acids is 1. The molecule has 1 N–H and O–H groups in total. The highest BCUT2D eigenvalue weighted by atomic mass is 16.1. The van der Waals surface area contributed by atoms with Crippen LogP contribution in [-0.2, 0) is 24.2 Å². The Labute approximate surface area is 153 Å². The lowest BCUT2D eigenvalue weighted by Crippen LogP contribution is -2.27. The summed E-state index contributed by atoms with van der Waals surface area (Å²) in [6.07, 6.45) is 10.8. The molecule has 0 spiro atoms. The average molecular weight is 346 g/mol. The van der Waals surface area contributed by atoms with Crippen molar-refractivity contribution < 1.29 is 4.79 Å². The van der Waals surface area contributed by atoms with Crippen molar-refractivity contribution in [2.45, 2.75) is 32.2 Å². The molecule has 1 unspecified atom stereocenters. The number of nitrogens with zero attached hydrogens (tertiary/aromatic N) is 3. The van der Waals surface area contributed by atoms with E-state index in [9.17, 15) is 4.79 Å². The Kier molecular flexibility index (Phi) is 4.78. The maximum Gasteiger partial charge on any atom is 0.220 e. The third-order valence-corrected chi connectivity index (χ3v) is 4.99. The van der Waals surface area contributed by atoms with Crippen molar-refractivity contribution in [1.29, 1.82) is 0 Å². The maximum atomic E-state index is 12.4. The molecule has 132 valence electrons. The average Bonchev–Trinajstić information content (AvgIpc) is 3.21. The van der Waals surface area contributed by atoms with E-state index in [-0.39, 0.29) is 5.91 Å². The van der Waals surface area contributed by atoms with Crippen LogP contribution in [0.5, 0.6) is 0 Å². The number of nitrogens with one attached hydrogen (secondary N) is 1. The molecule has 5 nitrogen and oxygen atoms in total. The van der Waals surface area contributed by atoms with Crippen molar-refractivity contribution in [3.8, 4) is 5.82 Å². The topological polar surface area (TPSA) is 59.8 Å². The van der Waals surface area contributed by atoms with E-state index < -0.39 is 0 Å². The van der Waals surface area contributed by atoms with Gasteiger partial charge in [0.1, 0.15) is 12.1 Å². The van der Waals surface area contributed by atoms with Gasteiger partial charge in [0.05, 0.1) is 0 Å². The van der Waals surface area contributed by atoms with Gasteiger partial charge in [-0.1, -0.05) is 24.3 Å². The molecule has 1 aliphatic carbocycles. The second-order valence-corrected chi connectivity index (χ2v) is 6.85. The van der Waals surface area contributed by atoms with Crippen molar-refractivity contribution in [3.63, 3.8) is 0 Å². The van der Waals surface area contributed by atoms with Crippen LogP contribution in [0.3, 0.4) is 0 Å². The van der Waals surface area contributed by atoms with Gasteiger partial charge in [0, 0.05) is 31.6 Å². The Balaban J connectivity index is 1.32. The van der Waals surface area contributed by atoms with Crippen LogP contribution < -0.4 is 5.32 Å². The lowest BCUT2D eigenvalue weighted by Gasteiger charge is -2.24. The quantitative estimate of drug-likeness (QED) is 0.772. The Morgan fingerprint density at radius 2 is 2.08 bits per heavy atom. The lowest BCUT2D eigenvalue weighted by atomic mass is 9.82. The molecule has 26 heavy (non-hydrogen) atoms. The number of imidazole rings is 1. The number of hydrogen-bond donors (Lipinski definition) is 1. The molecule has 4 rings (SSSR count). The van der Waals surface area contributed by atoms with Crippen molar-refractivity contribution in [2.24, 2.45) is 5.92 Å². The highest BCUT2D eigenvalue weighted by Gasteiger charge is 2.20. The van der Waals surface area contributed by atoms with Gasteiger partial charge in [-0.2, -0.15) is 0 Å². The molecular formula is C21H22N4O. The molecule has 0 saturated carbocycles. The number of aromatic nitrogens is 3. The summed E-state index contributed by atoms with van der Waals surface area (Å²) in [5.74, 6) is 1.36. The molecular weight excluding hydrogens is 324 g/mol. The molecule has 2 aromatic heterocycles. The summed E-state index contributed by atoms with van der Waals surface area (Å²) in [6, 6.07) is 12.5. The monoisotopic (exact) mass is 346 g/mol. The minimum absolute atomic E-state index is 0.121. The molecule has 2 heterocycles. The van der Waals surface area contributed by atoms with Gasteiger partial charge < -0.3 is 5.32 Å². The van der Waals surface area contributed by atoms with E-state index in [0.29, 0.717) is 18.9 Å². The Bertz CT molecular complexity index is 889. The SMILES string of the molecule is O=C(CC1CCc2ccccc2C1)NCc1ccnc(-n2ccnc2)c1. The third-order valence-electron chi connectivity index (χ3n) is 4.99. The third kappa shape index (κ3) is 3.82. The first-order valence-corrected chi connectivity index (χ1v) is 9.04. The molecule has 1 aliphatic rings. The molecule has 1 atom stereocenters. The summed E-state index contributed by atoms with van der Waals surface area (Å²) in [4.78, 5) is 20.7. The summed E-state index contributed by atoms with van der Waals surface area (Å²) in [5, 5.41) is 3.05. The number of hydrogen-bond acceptors (Lipinski definition) is 3. The van der Waals surface area contributed by atoms with Gasteiger partial charge in [-0.05, 0) is 54.0 Å². The van der Waals surface area contributed by atoms with Crippen molar-refractivity contribution in [1.82, 2.24) is 19.9 Å². The number of benzene rings is 1. The maximum absolute atomic E-state index is 12.4. The molecule has 0 radical (unpaired) electrons. The lowest BCUT2D eigenvalue weighted by molar-refractivity contribution is -0.122. The van der Waals surface area contributed by atoms with Crippen LogP contribution in [0.1, 0.15) is 29.5 Å². The highest BCUT2D eigenvalue weighted by Crippen LogP contribution is 2.27. The first-order chi connectivity index (χ1) is 12.8. The Morgan fingerprint density at radius 3 is 2.92 bits per heavy atom. The number of aryl methyl sites for hydroxylation is 1. The summed E-state index contributed by atoms with van der Waals surface area (Å²) in [7, 11) is 0. The van der Waals surface area contributed by atoms with Gasteiger partial charge in [0.15, 0.2) is 0 Å². The first kappa shape index (κ1) is 16.5. The number of carbonyl (C=O) groups is 1. The van der Waals surface area contributed by atoms with Gasteiger partial charge in [0.25, 0.3) is 0 Å². The van der Waals surface area contributed by atoms with Crippen LogP contribution in [0, 0.1) is 5.92 Å². The smallest absolute Gasteiger partial charge is 0.220 e. The molecule has 0 saturated heterocycles. The Hall–Kier alpha value is -2.95. The number of pyridine rings is 1. The van der Waals surface area contributed by atoms with E-state index >= 15 is 0 Å². The minimum atomic E-state index is 0.121. The molecule has 0 aliphatic heterocycles. The summed E-state index contributed by atoms with van der Waals surface area (Å²) >= 11 is 0. The molecule has 1 amide bonds. The van der Waals surface area contributed by atoms with Crippen molar-refractivity contribution in [3.05, 3.63) is 78.0 Å². The fourth-order valence-corrected chi connectivity index (χ4v) is 3.59. The Morgan fingerprint density at radius 1 is 1.19 bits per heavy atom. The number of rotatable bonds is 5. The second kappa shape index (κ2) is 7.52. The van der Waals surface area contributed by atoms with Gasteiger partial charge >= 0.3 is 0 Å². The molecule has 0 fully saturated rings. The van der Waals surface area contributed by atoms with Gasteiger partial charge in [0.2, 0.25) is 5.91 Å². The fraction of sp³-hybridized carbons (Fsp3) is 0.286. The summed E-state index contributed by atoms with van der Waals surface area (Å²) in [6.45, 7) is 0.520. The molecule has 3 aromatic rings. The zero-order chi connectivity index (χ0) is 17.8. The first-order valence-electron chi connectivity index (χ1n) is 9.04. The van der Waals surface area contributed by atoms with Crippen LogP contribution in [-0.4, -0.2) is 20.4 Å². The van der Waals surface area contributed by atoms with Crippen LogP contribution in [0.25, 0.3) is 5.82 Å². The van der Waals surface area contributed by atoms with E-state index in [4.69, 9.17) is 0 Å². The minimum Gasteiger partial charge on any atom is -0.352 e. The fourth-order valence-electron chi connectivity index (χ4n) is 3.59. The largest absolute Gasteiger partial charge is 0.352 e. The second-order valence-electron chi connectivity index (χ2n) is 6.85. The van der Waals surface area contributed by atoms with Crippen molar-refractivity contribution in [2.75, 3.05) is 0 Å². The van der Waals surface area contributed by atoms with Crippen LogP contribution in [0.15, 0.2) is 61.3 Å². The predicted molar refractivity (Wildman–Crippen MR) is 99.8 cm³/mol. The molecule has 0 bridgehead atoms. The molecule has 1 aromatic carbocycles. The predicted octanol–water partition coefficient (Wildman–Crippen LogP) is 3.08. The van der Waals surface area contributed by atoms with Crippen molar-refractivity contribution >= 4 is 5.91 Å². The summed E-state index contributed by atoms with van der Waals surface area (Å²) < 4.78 is 1.85.